The lowest BCUT2D eigenvalue weighted by molar-refractivity contribution is -0.120. The lowest BCUT2D eigenvalue weighted by Gasteiger charge is -1.94. The second-order valence-electron chi connectivity index (χ2n) is 2.75. The van der Waals surface area contributed by atoms with Gasteiger partial charge in [-0.3, -0.25) is 4.79 Å². The van der Waals surface area contributed by atoms with Crippen molar-refractivity contribution in [2.45, 2.75) is 0 Å². The molecule has 0 amide bonds. The monoisotopic (exact) mass is 239 g/mol. The van der Waals surface area contributed by atoms with Crippen LogP contribution in [0.2, 0.25) is 5.02 Å². The summed E-state index contributed by atoms with van der Waals surface area (Å²) in [6.07, 6.45) is 0. The Kier molecular flexibility index (Phi) is 2.99. The van der Waals surface area contributed by atoms with E-state index < -0.39 is 0 Å². The highest BCUT2D eigenvalue weighted by Gasteiger charge is 2.04. The van der Waals surface area contributed by atoms with Crippen LogP contribution in [0.25, 0.3) is 11.3 Å². The molecule has 0 fully saturated rings. The van der Waals surface area contributed by atoms with Crippen LogP contribution in [0.15, 0.2) is 30.3 Å². The van der Waals surface area contributed by atoms with E-state index in [0.29, 0.717) is 16.6 Å². The van der Waals surface area contributed by atoms with Gasteiger partial charge >= 0.3 is 0 Å². The smallest absolute Gasteiger partial charge is 0.299 e. The van der Waals surface area contributed by atoms with Crippen LogP contribution in [0, 0.1) is 0 Å². The van der Waals surface area contributed by atoms with Crippen molar-refractivity contribution in [3.8, 4) is 16.3 Å². The molecular weight excluding hydrogens is 234 g/mol. The molecule has 2 rings (SSSR count). The summed E-state index contributed by atoms with van der Waals surface area (Å²) in [6, 6.07) is 9.01. The van der Waals surface area contributed by atoms with E-state index in [9.17, 15) is 4.79 Å². The molecule has 5 heteroatoms. The fourth-order valence-electron chi connectivity index (χ4n) is 1.12. The second-order valence-corrected chi connectivity index (χ2v) is 3.96. The standard InChI is InChI=1S/C10H6ClNO2S/c11-8-3-1-7(2-4-8)9-5-10(14-6-13)15-12-9/h1-6H. The summed E-state index contributed by atoms with van der Waals surface area (Å²) in [7, 11) is 0. The van der Waals surface area contributed by atoms with Crippen molar-refractivity contribution < 1.29 is 9.53 Å². The molecule has 15 heavy (non-hydrogen) atoms. The van der Waals surface area contributed by atoms with Gasteiger partial charge in [0.2, 0.25) is 5.06 Å². The van der Waals surface area contributed by atoms with E-state index in [1.807, 2.05) is 12.1 Å². The summed E-state index contributed by atoms with van der Waals surface area (Å²) in [5.41, 5.74) is 1.71. The third-order valence-corrected chi connectivity index (χ3v) is 2.73. The summed E-state index contributed by atoms with van der Waals surface area (Å²) in [4.78, 5) is 10.1. The maximum absolute atomic E-state index is 10.1. The molecule has 0 aliphatic carbocycles. The van der Waals surface area contributed by atoms with Gasteiger partial charge in [0.05, 0.1) is 5.69 Å². The SMILES string of the molecule is O=COc1cc(-c2ccc(Cl)cc2)ns1. The Morgan fingerprint density at radius 3 is 2.73 bits per heavy atom. The predicted octanol–water partition coefficient (Wildman–Crippen LogP) is 3.00. The third-order valence-electron chi connectivity index (χ3n) is 1.79. The molecule has 76 valence electrons. The summed E-state index contributed by atoms with van der Waals surface area (Å²) < 4.78 is 8.83. The van der Waals surface area contributed by atoms with Gasteiger partial charge in [-0.15, -0.1) is 0 Å². The van der Waals surface area contributed by atoms with Gasteiger partial charge in [-0.2, -0.15) is 4.37 Å². The van der Waals surface area contributed by atoms with Gasteiger partial charge in [0.1, 0.15) is 0 Å². The molecular formula is C10H6ClNO2S. The molecule has 0 unspecified atom stereocenters. The number of hydrogen-bond acceptors (Lipinski definition) is 4. The average molecular weight is 240 g/mol. The van der Waals surface area contributed by atoms with Crippen LogP contribution in [-0.2, 0) is 4.79 Å². The number of aromatic nitrogens is 1. The number of nitrogens with zero attached hydrogens (tertiary/aromatic N) is 1. The summed E-state index contributed by atoms with van der Waals surface area (Å²) in [5, 5.41) is 1.16. The Bertz CT molecular complexity index is 467. The van der Waals surface area contributed by atoms with E-state index in [1.54, 1.807) is 18.2 Å². The zero-order chi connectivity index (χ0) is 10.7. The lowest BCUT2D eigenvalue weighted by atomic mass is 10.2. The van der Waals surface area contributed by atoms with E-state index in [1.165, 1.54) is 0 Å². The van der Waals surface area contributed by atoms with Crippen LogP contribution in [0.5, 0.6) is 5.06 Å². The molecule has 0 radical (unpaired) electrons. The van der Waals surface area contributed by atoms with Crippen molar-refractivity contribution in [1.29, 1.82) is 0 Å². The molecule has 0 atom stereocenters. The van der Waals surface area contributed by atoms with Gasteiger partial charge < -0.3 is 4.74 Å². The zero-order valence-corrected chi connectivity index (χ0v) is 9.09. The molecule has 3 nitrogen and oxygen atoms in total. The first-order valence-corrected chi connectivity index (χ1v) is 5.27. The molecule has 1 heterocycles. The summed E-state index contributed by atoms with van der Waals surface area (Å²) in [5.74, 6) is 0. The van der Waals surface area contributed by atoms with Crippen molar-refractivity contribution in [2.75, 3.05) is 0 Å². The summed E-state index contributed by atoms with van der Waals surface area (Å²) in [6.45, 7) is 0.388. The number of halogens is 1. The first kappa shape index (κ1) is 10.1. The van der Waals surface area contributed by atoms with Crippen molar-refractivity contribution in [1.82, 2.24) is 4.37 Å². The molecule has 0 aliphatic heterocycles. The number of rotatable bonds is 3. The van der Waals surface area contributed by atoms with Crippen LogP contribution in [0.1, 0.15) is 0 Å². The molecule has 1 aromatic carbocycles. The number of carbonyl (C=O) groups is 1. The quantitative estimate of drug-likeness (QED) is 0.773. The minimum atomic E-state index is 0.388. The number of ether oxygens (including phenoxy) is 1. The molecule has 0 saturated heterocycles. The predicted molar refractivity (Wildman–Crippen MR) is 59.3 cm³/mol. The van der Waals surface area contributed by atoms with Crippen molar-refractivity contribution in [3.05, 3.63) is 35.4 Å². The highest BCUT2D eigenvalue weighted by molar-refractivity contribution is 7.08. The van der Waals surface area contributed by atoms with Crippen LogP contribution < -0.4 is 4.74 Å². The van der Waals surface area contributed by atoms with Crippen LogP contribution in [0.4, 0.5) is 0 Å². The molecule has 0 aliphatic rings. The first-order valence-electron chi connectivity index (χ1n) is 4.12. The highest BCUT2D eigenvalue weighted by atomic mass is 35.5. The Morgan fingerprint density at radius 2 is 2.07 bits per heavy atom. The van der Waals surface area contributed by atoms with Gasteiger partial charge in [0.15, 0.2) is 0 Å². The maximum Gasteiger partial charge on any atom is 0.299 e. The maximum atomic E-state index is 10.1. The fraction of sp³-hybridized carbons (Fsp3) is 0. The molecule has 0 bridgehead atoms. The van der Waals surface area contributed by atoms with Gasteiger partial charge in [-0.1, -0.05) is 23.7 Å². The van der Waals surface area contributed by atoms with Gasteiger partial charge in [0, 0.05) is 28.2 Å². The molecule has 2 aromatic rings. The van der Waals surface area contributed by atoms with Gasteiger partial charge in [-0.05, 0) is 12.1 Å². The van der Waals surface area contributed by atoms with Crippen LogP contribution in [-0.4, -0.2) is 10.8 Å². The minimum absolute atomic E-state index is 0.388. The minimum Gasteiger partial charge on any atom is -0.416 e. The van der Waals surface area contributed by atoms with Crippen molar-refractivity contribution in [3.63, 3.8) is 0 Å². The Morgan fingerprint density at radius 1 is 1.33 bits per heavy atom. The zero-order valence-electron chi connectivity index (χ0n) is 7.51. The Balaban J connectivity index is 2.28. The van der Waals surface area contributed by atoms with Gasteiger partial charge in [-0.25, -0.2) is 0 Å². The summed E-state index contributed by atoms with van der Waals surface area (Å²) >= 11 is 6.90. The van der Waals surface area contributed by atoms with Crippen LogP contribution in [0.3, 0.4) is 0 Å². The topological polar surface area (TPSA) is 39.2 Å². The molecule has 1 aromatic heterocycles. The van der Waals surface area contributed by atoms with Gasteiger partial charge in [0.25, 0.3) is 6.47 Å². The average Bonchev–Trinajstić information content (AvgIpc) is 2.68. The third kappa shape index (κ3) is 2.34. The molecule has 0 spiro atoms. The lowest BCUT2D eigenvalue weighted by Crippen LogP contribution is -1.83. The Hall–Kier alpha value is -1.39. The van der Waals surface area contributed by atoms with E-state index in [0.717, 1.165) is 22.8 Å². The van der Waals surface area contributed by atoms with E-state index in [-0.39, 0.29) is 0 Å². The van der Waals surface area contributed by atoms with E-state index in [4.69, 9.17) is 11.6 Å². The van der Waals surface area contributed by atoms with E-state index in [2.05, 4.69) is 9.11 Å². The number of benzene rings is 1. The Labute approximate surface area is 95.4 Å². The second kappa shape index (κ2) is 4.42. The first-order chi connectivity index (χ1) is 7.29. The molecule has 0 saturated carbocycles. The van der Waals surface area contributed by atoms with Crippen molar-refractivity contribution >= 4 is 29.6 Å². The largest absolute Gasteiger partial charge is 0.416 e. The molecule has 0 N–H and O–H groups in total. The fourth-order valence-corrected chi connectivity index (χ4v) is 1.84. The van der Waals surface area contributed by atoms with Crippen molar-refractivity contribution in [2.24, 2.45) is 0 Å². The number of carbonyl (C=O) groups excluding carboxylic acids is 1. The number of hydrogen-bond donors (Lipinski definition) is 0. The van der Waals surface area contributed by atoms with Crippen LogP contribution >= 0.6 is 23.1 Å². The van der Waals surface area contributed by atoms with E-state index >= 15 is 0 Å². The normalized spacial score (nSPS) is 9.93. The highest BCUT2D eigenvalue weighted by Crippen LogP contribution is 2.27.